The summed E-state index contributed by atoms with van der Waals surface area (Å²) in [4.78, 5) is 12.8. The van der Waals surface area contributed by atoms with E-state index >= 15 is 0 Å². The topological polar surface area (TPSA) is 99.1 Å². The van der Waals surface area contributed by atoms with Crippen LogP contribution in [0.5, 0.6) is 0 Å². The molecule has 2 heterocycles. The molecular weight excluding hydrogens is 301 g/mol. The highest BCUT2D eigenvalue weighted by Gasteiger charge is 2.13. The molecule has 0 saturated heterocycles. The number of ether oxygens (including phenoxy) is 1. The molecule has 0 atom stereocenters. The van der Waals surface area contributed by atoms with Gasteiger partial charge in [-0.15, -0.1) is 0 Å². The lowest BCUT2D eigenvalue weighted by atomic mass is 10.1. The van der Waals surface area contributed by atoms with Gasteiger partial charge >= 0.3 is 0 Å². The third kappa shape index (κ3) is 3.27. The molecule has 0 aliphatic rings. The summed E-state index contributed by atoms with van der Waals surface area (Å²) in [7, 11) is 0. The second-order valence-electron chi connectivity index (χ2n) is 4.92. The van der Waals surface area contributed by atoms with Crippen molar-refractivity contribution in [3.05, 3.63) is 42.4 Å². The smallest absolute Gasteiger partial charge is 0.235 e. The van der Waals surface area contributed by atoms with Crippen LogP contribution in [0.2, 0.25) is 0 Å². The lowest BCUT2D eigenvalue weighted by Crippen LogP contribution is -2.09. The fourth-order valence-corrected chi connectivity index (χ4v) is 2.33. The number of imidazole rings is 1. The van der Waals surface area contributed by atoms with Crippen molar-refractivity contribution in [3.63, 3.8) is 0 Å². The fraction of sp³-hybridized carbons (Fsp3) is 0.267. The SMILES string of the molecule is Nc1cc(F)cc2nc(-n3ccnc3)nc(CCOCCO)c12. The maximum atomic E-state index is 13.6. The van der Waals surface area contributed by atoms with Crippen molar-refractivity contribution in [2.75, 3.05) is 25.6 Å². The summed E-state index contributed by atoms with van der Waals surface area (Å²) in [6, 6.07) is 2.58. The van der Waals surface area contributed by atoms with Crippen molar-refractivity contribution in [1.82, 2.24) is 19.5 Å². The number of benzene rings is 1. The normalized spacial score (nSPS) is 11.2. The number of hydrogen-bond acceptors (Lipinski definition) is 6. The lowest BCUT2D eigenvalue weighted by molar-refractivity contribution is 0.0942. The minimum Gasteiger partial charge on any atom is -0.398 e. The summed E-state index contributed by atoms with van der Waals surface area (Å²) >= 11 is 0. The van der Waals surface area contributed by atoms with Gasteiger partial charge < -0.3 is 15.6 Å². The summed E-state index contributed by atoms with van der Waals surface area (Å²) in [5.41, 5.74) is 7.31. The number of anilines is 1. The molecule has 8 heteroatoms. The Balaban J connectivity index is 2.06. The molecular formula is C15H16FN5O2. The van der Waals surface area contributed by atoms with Crippen molar-refractivity contribution >= 4 is 16.6 Å². The van der Waals surface area contributed by atoms with Crippen molar-refractivity contribution in [1.29, 1.82) is 0 Å². The Hall–Kier alpha value is -2.58. The molecule has 0 unspecified atom stereocenters. The first-order chi connectivity index (χ1) is 11.2. The predicted octanol–water partition coefficient (Wildman–Crippen LogP) is 1.09. The van der Waals surface area contributed by atoms with Gasteiger partial charge in [0.25, 0.3) is 0 Å². The zero-order valence-electron chi connectivity index (χ0n) is 12.3. The second-order valence-corrected chi connectivity index (χ2v) is 4.92. The van der Waals surface area contributed by atoms with Gasteiger partial charge in [-0.05, 0) is 6.07 Å². The largest absolute Gasteiger partial charge is 0.398 e. The van der Waals surface area contributed by atoms with Gasteiger partial charge in [0.05, 0.1) is 31.0 Å². The number of nitrogens with zero attached hydrogens (tertiary/aromatic N) is 4. The molecule has 0 radical (unpaired) electrons. The van der Waals surface area contributed by atoms with E-state index in [1.54, 1.807) is 23.3 Å². The Bertz CT molecular complexity index is 807. The summed E-state index contributed by atoms with van der Waals surface area (Å²) in [6.07, 6.45) is 5.35. The molecule has 3 N–H and O–H groups in total. The number of aromatic nitrogens is 4. The van der Waals surface area contributed by atoms with Gasteiger partial charge in [0, 0.05) is 36.0 Å². The van der Waals surface area contributed by atoms with Crippen LogP contribution >= 0.6 is 0 Å². The number of aliphatic hydroxyl groups excluding tert-OH is 1. The van der Waals surface area contributed by atoms with E-state index in [1.807, 2.05) is 0 Å². The minimum atomic E-state index is -0.451. The molecule has 0 fully saturated rings. The Morgan fingerprint density at radius 2 is 2.13 bits per heavy atom. The number of halogens is 1. The predicted molar refractivity (Wildman–Crippen MR) is 82.6 cm³/mol. The van der Waals surface area contributed by atoms with Crippen molar-refractivity contribution in [2.24, 2.45) is 0 Å². The molecule has 7 nitrogen and oxygen atoms in total. The first kappa shape index (κ1) is 15.3. The van der Waals surface area contributed by atoms with Gasteiger partial charge in [0.15, 0.2) is 0 Å². The molecule has 0 aliphatic heterocycles. The molecule has 3 aromatic rings. The number of rotatable bonds is 6. The monoisotopic (exact) mass is 317 g/mol. The molecule has 3 rings (SSSR count). The molecule has 0 saturated carbocycles. The molecule has 2 aromatic heterocycles. The van der Waals surface area contributed by atoms with E-state index in [2.05, 4.69) is 15.0 Å². The van der Waals surface area contributed by atoms with E-state index in [0.29, 0.717) is 35.6 Å². The van der Waals surface area contributed by atoms with Gasteiger partial charge in [0.1, 0.15) is 12.1 Å². The van der Waals surface area contributed by atoms with Crippen LogP contribution in [-0.4, -0.2) is 44.4 Å². The molecule has 0 spiro atoms. The number of fused-ring (bicyclic) bond motifs is 1. The van der Waals surface area contributed by atoms with Gasteiger partial charge in [-0.2, -0.15) is 0 Å². The van der Waals surface area contributed by atoms with E-state index in [1.165, 1.54) is 12.1 Å². The van der Waals surface area contributed by atoms with E-state index in [9.17, 15) is 4.39 Å². The van der Waals surface area contributed by atoms with E-state index in [0.717, 1.165) is 0 Å². The van der Waals surface area contributed by atoms with E-state index in [4.69, 9.17) is 15.6 Å². The van der Waals surface area contributed by atoms with Crippen molar-refractivity contribution in [2.45, 2.75) is 6.42 Å². The lowest BCUT2D eigenvalue weighted by Gasteiger charge is -2.11. The van der Waals surface area contributed by atoms with E-state index in [-0.39, 0.29) is 18.9 Å². The number of nitrogens with two attached hydrogens (primary N) is 1. The Morgan fingerprint density at radius 3 is 2.87 bits per heavy atom. The first-order valence-electron chi connectivity index (χ1n) is 7.11. The van der Waals surface area contributed by atoms with Crippen LogP contribution in [-0.2, 0) is 11.2 Å². The minimum absolute atomic E-state index is 0.0435. The molecule has 120 valence electrons. The van der Waals surface area contributed by atoms with Crippen LogP contribution < -0.4 is 5.73 Å². The van der Waals surface area contributed by atoms with Crippen LogP contribution in [0.4, 0.5) is 10.1 Å². The second kappa shape index (κ2) is 6.67. The zero-order chi connectivity index (χ0) is 16.2. The van der Waals surface area contributed by atoms with Gasteiger partial charge in [-0.3, -0.25) is 4.57 Å². The molecule has 0 aliphatic carbocycles. The number of hydrogen-bond donors (Lipinski definition) is 2. The molecule has 23 heavy (non-hydrogen) atoms. The van der Waals surface area contributed by atoms with E-state index < -0.39 is 5.82 Å². The quantitative estimate of drug-likeness (QED) is 0.521. The first-order valence-corrected chi connectivity index (χ1v) is 7.11. The van der Waals surface area contributed by atoms with Gasteiger partial charge in [0.2, 0.25) is 5.95 Å². The van der Waals surface area contributed by atoms with Gasteiger partial charge in [-0.1, -0.05) is 0 Å². The highest BCUT2D eigenvalue weighted by atomic mass is 19.1. The summed E-state index contributed by atoms with van der Waals surface area (Å²) in [6.45, 7) is 0.576. The van der Waals surface area contributed by atoms with Crippen LogP contribution in [0.1, 0.15) is 5.69 Å². The standard InChI is InChI=1S/C15H16FN5O2/c16-10-7-11(17)14-12(1-5-23-6-4-22)19-15(20-13(14)8-10)21-3-2-18-9-21/h2-3,7-9,22H,1,4-6,17H2. The maximum absolute atomic E-state index is 13.6. The third-order valence-corrected chi connectivity index (χ3v) is 3.31. The molecule has 0 amide bonds. The Kier molecular flexibility index (Phi) is 4.45. The summed E-state index contributed by atoms with van der Waals surface area (Å²) in [5.74, 6) is -0.0649. The molecule has 1 aromatic carbocycles. The highest BCUT2D eigenvalue weighted by molar-refractivity contribution is 5.92. The van der Waals surface area contributed by atoms with Crippen molar-refractivity contribution in [3.8, 4) is 5.95 Å². The summed E-state index contributed by atoms with van der Waals surface area (Å²) in [5, 5.41) is 9.37. The summed E-state index contributed by atoms with van der Waals surface area (Å²) < 4.78 is 20.6. The number of nitrogen functional groups attached to an aromatic ring is 1. The fourth-order valence-electron chi connectivity index (χ4n) is 2.33. The van der Waals surface area contributed by atoms with Crippen LogP contribution in [0.3, 0.4) is 0 Å². The van der Waals surface area contributed by atoms with Crippen LogP contribution in [0.25, 0.3) is 16.9 Å². The Labute approximate surface area is 131 Å². The highest BCUT2D eigenvalue weighted by Crippen LogP contribution is 2.25. The van der Waals surface area contributed by atoms with Crippen molar-refractivity contribution < 1.29 is 14.2 Å². The zero-order valence-corrected chi connectivity index (χ0v) is 12.3. The average Bonchev–Trinajstić information content (AvgIpc) is 3.05. The third-order valence-electron chi connectivity index (χ3n) is 3.31. The maximum Gasteiger partial charge on any atom is 0.235 e. The molecule has 0 bridgehead atoms. The Morgan fingerprint density at radius 1 is 1.26 bits per heavy atom. The number of aliphatic hydroxyl groups is 1. The average molecular weight is 317 g/mol. The van der Waals surface area contributed by atoms with Crippen LogP contribution in [0.15, 0.2) is 30.9 Å². The van der Waals surface area contributed by atoms with Crippen LogP contribution in [0, 0.1) is 5.82 Å². The van der Waals surface area contributed by atoms with Gasteiger partial charge in [-0.25, -0.2) is 19.3 Å².